The van der Waals surface area contributed by atoms with E-state index in [0.29, 0.717) is 31.9 Å². The molecule has 0 radical (unpaired) electrons. The summed E-state index contributed by atoms with van der Waals surface area (Å²) in [5.74, 6) is -0.678. The van der Waals surface area contributed by atoms with Crippen molar-refractivity contribution in [3.63, 3.8) is 0 Å². The van der Waals surface area contributed by atoms with E-state index in [4.69, 9.17) is 4.74 Å². The van der Waals surface area contributed by atoms with Gasteiger partial charge in [-0.2, -0.15) is 0 Å². The minimum atomic E-state index is -0.823. The molecule has 7 nitrogen and oxygen atoms in total. The van der Waals surface area contributed by atoms with Crippen molar-refractivity contribution < 1.29 is 24.2 Å². The maximum Gasteiger partial charge on any atom is 0.407 e. The molecule has 2 fully saturated rings. The Labute approximate surface area is 205 Å². The van der Waals surface area contributed by atoms with Crippen LogP contribution in [0.2, 0.25) is 0 Å². The quantitative estimate of drug-likeness (QED) is 0.527. The normalized spacial score (nSPS) is 24.7. The average molecular weight is 477 g/mol. The summed E-state index contributed by atoms with van der Waals surface area (Å²) in [6, 6.07) is 16.3. The van der Waals surface area contributed by atoms with Crippen molar-refractivity contribution in [1.82, 2.24) is 10.6 Å². The topological polar surface area (TPSA) is 105 Å². The van der Waals surface area contributed by atoms with Crippen molar-refractivity contribution in [2.45, 2.75) is 50.5 Å². The number of ether oxygens (including phenoxy) is 1. The van der Waals surface area contributed by atoms with E-state index >= 15 is 0 Å². The maximum absolute atomic E-state index is 12.4. The molecule has 2 saturated carbocycles. The van der Waals surface area contributed by atoms with Gasteiger partial charge in [0.05, 0.1) is 5.92 Å². The highest BCUT2D eigenvalue weighted by Gasteiger charge is 2.36. The Morgan fingerprint density at radius 1 is 0.914 bits per heavy atom. The summed E-state index contributed by atoms with van der Waals surface area (Å²) < 4.78 is 5.59. The van der Waals surface area contributed by atoms with Gasteiger partial charge in [-0.1, -0.05) is 55.0 Å². The molecule has 2 amide bonds. The van der Waals surface area contributed by atoms with Crippen LogP contribution in [-0.2, 0) is 14.3 Å². The molecule has 3 aliphatic rings. The van der Waals surface area contributed by atoms with Gasteiger partial charge in [0, 0.05) is 24.9 Å². The fourth-order valence-corrected chi connectivity index (χ4v) is 6.04. The van der Waals surface area contributed by atoms with Crippen LogP contribution in [0.1, 0.15) is 55.6 Å². The van der Waals surface area contributed by atoms with E-state index < -0.39 is 18.0 Å². The number of aliphatic carboxylic acids is 1. The second kappa shape index (κ2) is 10.1. The molecule has 0 saturated heterocycles. The number of hydrogen-bond acceptors (Lipinski definition) is 4. The first-order valence-electron chi connectivity index (χ1n) is 12.6. The monoisotopic (exact) mass is 476 g/mol. The lowest BCUT2D eigenvalue weighted by Gasteiger charge is -2.35. The summed E-state index contributed by atoms with van der Waals surface area (Å²) in [6.45, 7) is 0.838. The molecule has 3 aliphatic carbocycles. The number of hydrogen-bond donors (Lipinski definition) is 3. The molecule has 184 valence electrons. The molecule has 0 aliphatic heterocycles. The van der Waals surface area contributed by atoms with E-state index in [0.717, 1.165) is 25.7 Å². The number of benzene rings is 2. The van der Waals surface area contributed by atoms with Gasteiger partial charge in [0.1, 0.15) is 6.61 Å². The molecule has 0 aromatic heterocycles. The number of amides is 2. The van der Waals surface area contributed by atoms with Gasteiger partial charge >= 0.3 is 12.1 Å². The first-order chi connectivity index (χ1) is 17.0. The summed E-state index contributed by atoms with van der Waals surface area (Å²) in [7, 11) is 0. The number of carbonyl (C=O) groups excluding carboxylic acids is 2. The van der Waals surface area contributed by atoms with Crippen molar-refractivity contribution in [2.75, 3.05) is 13.2 Å². The van der Waals surface area contributed by atoms with Gasteiger partial charge in [-0.25, -0.2) is 4.79 Å². The Hall–Kier alpha value is -3.35. The zero-order chi connectivity index (χ0) is 24.4. The molecular weight excluding hydrogens is 444 g/mol. The Kier molecular flexibility index (Phi) is 6.75. The fraction of sp³-hybridized carbons (Fsp3) is 0.464. The van der Waals surface area contributed by atoms with Crippen molar-refractivity contribution in [2.24, 2.45) is 17.8 Å². The van der Waals surface area contributed by atoms with Gasteiger partial charge in [-0.05, 0) is 59.8 Å². The number of nitrogens with one attached hydrogen (secondary N) is 2. The highest BCUT2D eigenvalue weighted by molar-refractivity contribution is 5.79. The maximum atomic E-state index is 12.4. The molecule has 2 atom stereocenters. The molecule has 7 heteroatoms. The van der Waals surface area contributed by atoms with Crippen LogP contribution in [0.5, 0.6) is 0 Å². The Morgan fingerprint density at radius 3 is 2.23 bits per heavy atom. The third-order valence-electron chi connectivity index (χ3n) is 7.87. The summed E-state index contributed by atoms with van der Waals surface area (Å²) in [6.07, 6.45) is 3.98. The van der Waals surface area contributed by atoms with Crippen LogP contribution in [0.4, 0.5) is 4.79 Å². The van der Waals surface area contributed by atoms with Gasteiger partial charge in [-0.15, -0.1) is 0 Å². The smallest absolute Gasteiger partial charge is 0.407 e. The molecule has 3 N–H and O–H groups in total. The van der Waals surface area contributed by atoms with Crippen LogP contribution >= 0.6 is 0 Å². The summed E-state index contributed by atoms with van der Waals surface area (Å²) in [5.41, 5.74) is 4.78. The zero-order valence-electron chi connectivity index (χ0n) is 19.7. The fourth-order valence-electron chi connectivity index (χ4n) is 6.04. The summed E-state index contributed by atoms with van der Waals surface area (Å²) in [4.78, 5) is 36.0. The molecule has 5 rings (SSSR count). The molecule has 35 heavy (non-hydrogen) atoms. The molecule has 0 bridgehead atoms. The van der Waals surface area contributed by atoms with E-state index in [1.54, 1.807) is 0 Å². The SMILES string of the molecule is O=C(CC1CC(CNC(=O)OCC2c3ccccc3-c3ccccc32)C1)N[C@H]1CCC[C@H]1C(=O)O. The van der Waals surface area contributed by atoms with Crippen molar-refractivity contribution in [3.8, 4) is 11.1 Å². The summed E-state index contributed by atoms with van der Waals surface area (Å²) in [5, 5.41) is 15.1. The predicted octanol–water partition coefficient (Wildman–Crippen LogP) is 4.31. The van der Waals surface area contributed by atoms with E-state index in [9.17, 15) is 19.5 Å². The van der Waals surface area contributed by atoms with Gasteiger partial charge in [0.2, 0.25) is 5.91 Å². The Bertz CT molecular complexity index is 1060. The van der Waals surface area contributed by atoms with E-state index in [1.165, 1.54) is 22.3 Å². The predicted molar refractivity (Wildman–Crippen MR) is 131 cm³/mol. The van der Waals surface area contributed by atoms with Crippen LogP contribution in [0.15, 0.2) is 48.5 Å². The van der Waals surface area contributed by atoms with Crippen molar-refractivity contribution in [3.05, 3.63) is 59.7 Å². The van der Waals surface area contributed by atoms with Crippen LogP contribution in [-0.4, -0.2) is 42.3 Å². The lowest BCUT2D eigenvalue weighted by atomic mass is 9.73. The van der Waals surface area contributed by atoms with Crippen molar-refractivity contribution in [1.29, 1.82) is 0 Å². The molecule has 0 spiro atoms. The number of alkyl carbamates (subject to hydrolysis) is 1. The molecule has 2 aromatic rings. The van der Waals surface area contributed by atoms with Crippen LogP contribution in [0.25, 0.3) is 11.1 Å². The first-order valence-corrected chi connectivity index (χ1v) is 12.6. The summed E-state index contributed by atoms with van der Waals surface area (Å²) >= 11 is 0. The lowest BCUT2D eigenvalue weighted by Crippen LogP contribution is -2.43. The standard InChI is InChI=1S/C28H32N2O5/c31-26(30-25-11-5-10-23(25)27(32)33)14-17-12-18(13-17)15-29-28(34)35-16-24-21-8-3-1-6-19(21)20-7-2-4-9-22(20)24/h1-4,6-9,17-18,23-25H,5,10-16H2,(H,29,34)(H,30,31)(H,32,33)/t17?,18?,23-,25+/m1/s1. The van der Waals surface area contributed by atoms with Gasteiger partial charge < -0.3 is 20.5 Å². The highest BCUT2D eigenvalue weighted by Crippen LogP contribution is 2.44. The molecular formula is C28H32N2O5. The van der Waals surface area contributed by atoms with E-state index in [-0.39, 0.29) is 23.8 Å². The van der Waals surface area contributed by atoms with Gasteiger partial charge in [-0.3, -0.25) is 9.59 Å². The van der Waals surface area contributed by atoms with Crippen molar-refractivity contribution >= 4 is 18.0 Å². The van der Waals surface area contributed by atoms with Gasteiger partial charge in [0.15, 0.2) is 0 Å². The Morgan fingerprint density at radius 2 is 1.57 bits per heavy atom. The third kappa shape index (κ3) is 5.04. The number of fused-ring (bicyclic) bond motifs is 3. The number of rotatable bonds is 8. The second-order valence-electron chi connectivity index (χ2n) is 10.2. The van der Waals surface area contributed by atoms with Crippen LogP contribution < -0.4 is 10.6 Å². The molecule has 0 unspecified atom stereocenters. The lowest BCUT2D eigenvalue weighted by molar-refractivity contribution is -0.142. The number of carbonyl (C=O) groups is 3. The first kappa shape index (κ1) is 23.4. The minimum Gasteiger partial charge on any atom is -0.481 e. The van der Waals surface area contributed by atoms with Crippen LogP contribution in [0.3, 0.4) is 0 Å². The zero-order valence-corrected chi connectivity index (χ0v) is 19.7. The second-order valence-corrected chi connectivity index (χ2v) is 10.2. The minimum absolute atomic E-state index is 0.0420. The Balaban J connectivity index is 1.02. The van der Waals surface area contributed by atoms with Gasteiger partial charge in [0.25, 0.3) is 0 Å². The van der Waals surface area contributed by atoms with Crippen LogP contribution in [0, 0.1) is 17.8 Å². The third-order valence-corrected chi connectivity index (χ3v) is 7.87. The average Bonchev–Trinajstić information content (AvgIpc) is 3.41. The van der Waals surface area contributed by atoms with E-state index in [1.807, 2.05) is 24.3 Å². The molecule has 2 aromatic carbocycles. The largest absolute Gasteiger partial charge is 0.481 e. The number of carboxylic acids is 1. The van der Waals surface area contributed by atoms with E-state index in [2.05, 4.69) is 34.9 Å². The highest BCUT2D eigenvalue weighted by atomic mass is 16.5. The number of carboxylic acid groups (broad SMARTS) is 1. The molecule has 0 heterocycles.